The van der Waals surface area contributed by atoms with Crippen LogP contribution >= 0.6 is 0 Å². The summed E-state index contributed by atoms with van der Waals surface area (Å²) in [6.07, 6.45) is 5.14. The molecule has 0 spiro atoms. The number of fused-ring (bicyclic) bond motifs is 6. The average Bonchev–Trinajstić information content (AvgIpc) is 0.965. The molecule has 11 aromatic carbocycles. The molecule has 14 rings (SSSR count). The Morgan fingerprint density at radius 1 is 0.322 bits per heavy atom. The first kappa shape index (κ1) is 57.3. The molecule has 0 radical (unpaired) electrons. The molecule has 87 heavy (non-hydrogen) atoms. The van der Waals surface area contributed by atoms with Gasteiger partial charge in [-0.2, -0.15) is 0 Å². The van der Waals surface area contributed by atoms with E-state index in [-0.39, 0.29) is 42.7 Å². The first-order valence-corrected chi connectivity index (χ1v) is 27.7. The number of pyridine rings is 3. The van der Waals surface area contributed by atoms with Gasteiger partial charge in [0, 0.05) is 53.0 Å². The predicted molar refractivity (Wildman–Crippen MR) is 333 cm³/mol. The Hall–Kier alpha value is -10.1. The van der Waals surface area contributed by atoms with Crippen molar-refractivity contribution >= 4 is 32.3 Å². The summed E-state index contributed by atoms with van der Waals surface area (Å²) in [5.41, 5.74) is 13.8. The van der Waals surface area contributed by atoms with Gasteiger partial charge in [-0.05, 0) is 179 Å². The molecule has 0 unspecified atom stereocenters. The van der Waals surface area contributed by atoms with Gasteiger partial charge in [0.1, 0.15) is 11.6 Å². The van der Waals surface area contributed by atoms with Gasteiger partial charge in [-0.3, -0.25) is 17.6 Å². The molecule has 3 nitrogen and oxygen atoms in total. The fourth-order valence-electron chi connectivity index (χ4n) is 11.3. The normalized spacial score (nSPS) is 11.1. The number of hydrogen-bond donors (Lipinski definition) is 0. The van der Waals surface area contributed by atoms with Crippen molar-refractivity contribution < 1.29 is 46.4 Å². The van der Waals surface area contributed by atoms with Crippen LogP contribution in [0.3, 0.4) is 0 Å². The summed E-state index contributed by atoms with van der Waals surface area (Å²) >= 11 is 0. The average molecular weight is 1320 g/mol. The molecule has 0 aliphatic rings. The largest absolute Gasteiger partial charge is 3.00 e. The Bertz CT molecular complexity index is 4920. The van der Waals surface area contributed by atoms with Crippen molar-refractivity contribution in [2.75, 3.05) is 0 Å². The van der Waals surface area contributed by atoms with Gasteiger partial charge in [-0.15, -0.1) is 60.2 Å². The van der Waals surface area contributed by atoms with Crippen LogP contribution in [0.2, 0.25) is 0 Å². The third kappa shape index (κ3) is 11.6. The van der Waals surface area contributed by atoms with Gasteiger partial charge in [0.05, 0.1) is 0 Å². The number of aromatic nitrogens is 3. The quantitative estimate of drug-likeness (QED) is 0.0821. The van der Waals surface area contributed by atoms with Crippen LogP contribution in [0.5, 0.6) is 0 Å². The summed E-state index contributed by atoms with van der Waals surface area (Å²) < 4.78 is 85.5. The molecule has 3 heterocycles. The van der Waals surface area contributed by atoms with Crippen LogP contribution in [-0.4, -0.2) is 15.0 Å². The van der Waals surface area contributed by atoms with E-state index >= 15 is 8.78 Å². The van der Waals surface area contributed by atoms with Crippen molar-refractivity contribution in [1.29, 1.82) is 0 Å². The van der Waals surface area contributed by atoms with Crippen LogP contribution in [0.25, 0.3) is 133 Å². The van der Waals surface area contributed by atoms with E-state index in [1.807, 2.05) is 86.8 Å². The van der Waals surface area contributed by atoms with Crippen LogP contribution < -0.4 is 0 Å². The maximum absolute atomic E-state index is 15.7. The van der Waals surface area contributed by atoms with Gasteiger partial charge < -0.3 is 15.0 Å². The van der Waals surface area contributed by atoms with E-state index in [0.717, 1.165) is 102 Å². The third-order valence-electron chi connectivity index (χ3n) is 15.4. The first-order valence-electron chi connectivity index (χ1n) is 27.7. The summed E-state index contributed by atoms with van der Waals surface area (Å²) in [5, 5.41) is 7.04. The minimum Gasteiger partial charge on any atom is -0.305 e. The van der Waals surface area contributed by atoms with Gasteiger partial charge >= 0.3 is 20.1 Å². The molecule has 0 saturated carbocycles. The molecule has 0 fully saturated rings. The zero-order valence-electron chi connectivity index (χ0n) is 46.5. The second-order valence-electron chi connectivity index (χ2n) is 21.0. The monoisotopic (exact) mass is 1320 g/mol. The number of rotatable bonds is 9. The molecule has 0 bridgehead atoms. The van der Waals surface area contributed by atoms with Gasteiger partial charge in [-0.1, -0.05) is 150 Å². The minimum atomic E-state index is -0.776. The van der Waals surface area contributed by atoms with E-state index in [1.165, 1.54) is 40.4 Å². The zero-order valence-corrected chi connectivity index (χ0v) is 48.9. The van der Waals surface area contributed by atoms with E-state index < -0.39 is 29.1 Å². The molecule has 0 aliphatic heterocycles. The Labute approximate surface area is 512 Å². The Morgan fingerprint density at radius 2 is 0.885 bits per heavy atom. The second-order valence-corrected chi connectivity index (χ2v) is 21.0. The maximum atomic E-state index is 15.7. The summed E-state index contributed by atoms with van der Waals surface area (Å²) in [4.78, 5) is 13.7. The van der Waals surface area contributed by atoms with Gasteiger partial charge in [0.15, 0.2) is 0 Å². The first-order chi connectivity index (χ1) is 41.9. The zero-order chi connectivity index (χ0) is 59.0. The van der Waals surface area contributed by atoms with Crippen LogP contribution in [0, 0.1) is 66.9 Å². The summed E-state index contributed by atoms with van der Waals surface area (Å²) in [6.45, 7) is 3.75. The Morgan fingerprint density at radius 3 is 1.53 bits per heavy atom. The molecular formula is C77H46F6IrN3. The van der Waals surface area contributed by atoms with Crippen molar-refractivity contribution in [3.63, 3.8) is 0 Å². The van der Waals surface area contributed by atoms with Gasteiger partial charge in [0.25, 0.3) is 0 Å². The fraction of sp³-hybridized carbons (Fsp3) is 0.0260. The summed E-state index contributed by atoms with van der Waals surface area (Å²) in [7, 11) is 0. The van der Waals surface area contributed by atoms with Crippen LogP contribution in [-0.2, 0) is 20.1 Å². The smallest absolute Gasteiger partial charge is 0.305 e. The summed E-state index contributed by atoms with van der Waals surface area (Å²) in [6, 6.07) is 76.6. The van der Waals surface area contributed by atoms with Crippen molar-refractivity contribution in [3.05, 3.63) is 307 Å². The molecule has 0 N–H and O–H groups in total. The van der Waals surface area contributed by atoms with E-state index in [4.69, 9.17) is 4.98 Å². The molecular weight excluding hydrogens is 1270 g/mol. The molecule has 10 heteroatoms. The molecule has 0 amide bonds. The van der Waals surface area contributed by atoms with E-state index in [1.54, 1.807) is 36.7 Å². The molecule has 3 aromatic heterocycles. The van der Waals surface area contributed by atoms with Crippen LogP contribution in [0.1, 0.15) is 11.1 Å². The number of aryl methyl sites for hydroxylation is 2. The van der Waals surface area contributed by atoms with E-state index in [2.05, 4.69) is 113 Å². The Kier molecular flexibility index (Phi) is 16.1. The van der Waals surface area contributed by atoms with Crippen LogP contribution in [0.15, 0.2) is 243 Å². The molecule has 0 saturated heterocycles. The van der Waals surface area contributed by atoms with Gasteiger partial charge in [0.2, 0.25) is 0 Å². The van der Waals surface area contributed by atoms with E-state index in [9.17, 15) is 17.6 Å². The third-order valence-corrected chi connectivity index (χ3v) is 15.4. The minimum absolute atomic E-state index is 0. The number of nitrogens with zero attached hydrogens (tertiary/aromatic N) is 3. The van der Waals surface area contributed by atoms with Crippen LogP contribution in [0.4, 0.5) is 26.3 Å². The molecule has 14 aromatic rings. The second kappa shape index (κ2) is 24.5. The predicted octanol–water partition coefficient (Wildman–Crippen LogP) is 20.9. The number of hydrogen-bond acceptors (Lipinski definition) is 3. The molecule has 0 aliphatic carbocycles. The summed E-state index contributed by atoms with van der Waals surface area (Å²) in [5.74, 6) is -3.63. The SMILES string of the molecule is Cc1cc(-c2[c-]cc(F)cc2F)ncc1-c1ccc(F)cc1-c1cc(-c2cccc(F)c2)cc(-c2ccccc2-c2cnc(-c3[c-]cccc3)cc2-c2ccc3c4ccccc4c4ccccc4c3c2)c1.Cc1ccnc(-c2[c-]cc(F)cc2F)c1.[Ir+3]. The van der Waals surface area contributed by atoms with Crippen molar-refractivity contribution in [2.24, 2.45) is 0 Å². The topological polar surface area (TPSA) is 38.7 Å². The number of halogens is 6. The standard InChI is InChI=1S/C65H38F4N2.C12H8F2N.Ir/c1-39-28-65(57-27-24-48(68)35-63(57)69)71-37-61(39)56-26-23-47(67)34-58(56)45-30-43(41-14-11-15-46(66)32-41)29-44(31-45)49-16-5-6-17-50(49)62-38-70-64(40-12-3-2-4-13-40)36-59(62)42-22-25-55-53-20-8-7-18-51(53)52-19-9-10-21-54(52)60(55)33-42;1-8-4-5-15-12(6-8)10-3-2-9(13)7-11(10)14;/h2-12,14-26,28-38H,1H3;2,4-7H,1H3;/q-2;-1;+3. The number of benzene rings is 11. The van der Waals surface area contributed by atoms with Crippen molar-refractivity contribution in [3.8, 4) is 101 Å². The maximum Gasteiger partial charge on any atom is 3.00 e. The van der Waals surface area contributed by atoms with Crippen molar-refractivity contribution in [1.82, 2.24) is 15.0 Å². The molecule has 0 atom stereocenters. The van der Waals surface area contributed by atoms with Gasteiger partial charge in [-0.25, -0.2) is 8.78 Å². The molecule has 420 valence electrons. The Balaban J connectivity index is 0.000000403. The van der Waals surface area contributed by atoms with E-state index in [0.29, 0.717) is 33.5 Å². The van der Waals surface area contributed by atoms with Crippen molar-refractivity contribution in [2.45, 2.75) is 13.8 Å². The fourth-order valence-corrected chi connectivity index (χ4v) is 11.3.